The van der Waals surface area contributed by atoms with E-state index in [4.69, 9.17) is 0 Å². The lowest BCUT2D eigenvalue weighted by molar-refractivity contribution is 0.270. The maximum absolute atomic E-state index is 13.1. The van der Waals surface area contributed by atoms with Crippen LogP contribution in [0.4, 0.5) is 4.39 Å². The average Bonchev–Trinajstić information content (AvgIpc) is 2.32. The predicted molar refractivity (Wildman–Crippen MR) is 78.3 cm³/mol. The van der Waals surface area contributed by atoms with Gasteiger partial charge in [0.25, 0.3) is 0 Å². The lowest BCUT2D eigenvalue weighted by Gasteiger charge is -2.22. The monoisotopic (exact) mass is 316 g/mol. The molecule has 1 aromatic rings. The first-order valence-corrected chi connectivity index (χ1v) is 7.09. The molecular formula is C14H22BrFN2. The summed E-state index contributed by atoms with van der Waals surface area (Å²) in [5.41, 5.74) is 1.09. The van der Waals surface area contributed by atoms with Crippen LogP contribution in [0.15, 0.2) is 22.7 Å². The van der Waals surface area contributed by atoms with Crippen molar-refractivity contribution in [2.24, 2.45) is 0 Å². The molecule has 4 heteroatoms. The number of nitrogens with one attached hydrogen (secondary N) is 1. The van der Waals surface area contributed by atoms with E-state index in [1.165, 1.54) is 6.07 Å². The van der Waals surface area contributed by atoms with Crippen molar-refractivity contribution in [3.05, 3.63) is 34.1 Å². The molecule has 0 bridgehead atoms. The Kier molecular flexibility index (Phi) is 6.26. The molecule has 0 fully saturated rings. The summed E-state index contributed by atoms with van der Waals surface area (Å²) in [5, 5.41) is 3.45. The fourth-order valence-corrected chi connectivity index (χ4v) is 2.01. The van der Waals surface area contributed by atoms with E-state index in [9.17, 15) is 4.39 Å². The summed E-state index contributed by atoms with van der Waals surface area (Å²) in [6, 6.07) is 5.94. The maximum Gasteiger partial charge on any atom is 0.137 e. The number of hydrogen-bond donors (Lipinski definition) is 1. The van der Waals surface area contributed by atoms with Crippen LogP contribution in [-0.4, -0.2) is 31.1 Å². The normalized spacial score (nSPS) is 13.3. The average molecular weight is 317 g/mol. The first kappa shape index (κ1) is 15.6. The summed E-state index contributed by atoms with van der Waals surface area (Å²) < 4.78 is 13.7. The summed E-state index contributed by atoms with van der Waals surface area (Å²) in [6.45, 7) is 8.38. The van der Waals surface area contributed by atoms with E-state index in [0.717, 1.165) is 18.7 Å². The van der Waals surface area contributed by atoms with Gasteiger partial charge in [-0.1, -0.05) is 6.07 Å². The third-order valence-corrected chi connectivity index (χ3v) is 3.85. The van der Waals surface area contributed by atoms with E-state index >= 15 is 0 Å². The lowest BCUT2D eigenvalue weighted by Crippen LogP contribution is -2.34. The number of rotatable bonds is 6. The van der Waals surface area contributed by atoms with E-state index in [2.05, 4.69) is 54.0 Å². The number of benzene rings is 1. The van der Waals surface area contributed by atoms with Crippen molar-refractivity contribution in [1.82, 2.24) is 10.2 Å². The molecule has 1 aromatic carbocycles. The van der Waals surface area contributed by atoms with Gasteiger partial charge in [-0.25, -0.2) is 4.39 Å². The molecule has 0 heterocycles. The number of nitrogens with zero attached hydrogens (tertiary/aromatic N) is 1. The second kappa shape index (κ2) is 7.22. The Hall–Kier alpha value is -0.450. The van der Waals surface area contributed by atoms with Gasteiger partial charge in [0, 0.05) is 25.2 Å². The van der Waals surface area contributed by atoms with Gasteiger partial charge in [0.15, 0.2) is 0 Å². The quantitative estimate of drug-likeness (QED) is 0.863. The summed E-state index contributed by atoms with van der Waals surface area (Å²) >= 11 is 3.21. The highest BCUT2D eigenvalue weighted by Crippen LogP contribution is 2.20. The zero-order valence-corrected chi connectivity index (χ0v) is 13.1. The number of likely N-dealkylation sites (N-methyl/N-ethyl adjacent to an activating group) is 1. The maximum atomic E-state index is 13.1. The molecular weight excluding hydrogens is 295 g/mol. The SMILES string of the molecule is CC(NCCN(C)C(C)C)c1ccc(F)c(Br)c1. The Bertz CT molecular complexity index is 382. The first-order chi connectivity index (χ1) is 8.41. The molecule has 0 saturated carbocycles. The van der Waals surface area contributed by atoms with Crippen molar-refractivity contribution >= 4 is 15.9 Å². The number of halogens is 2. The second-order valence-corrected chi connectivity index (χ2v) is 5.78. The van der Waals surface area contributed by atoms with Gasteiger partial charge in [0.1, 0.15) is 5.82 Å². The topological polar surface area (TPSA) is 15.3 Å². The van der Waals surface area contributed by atoms with Gasteiger partial charge in [-0.05, 0) is 61.4 Å². The highest BCUT2D eigenvalue weighted by Gasteiger charge is 2.08. The van der Waals surface area contributed by atoms with Crippen molar-refractivity contribution in [3.8, 4) is 0 Å². The van der Waals surface area contributed by atoms with Crippen LogP contribution in [0.25, 0.3) is 0 Å². The van der Waals surface area contributed by atoms with Gasteiger partial charge in [0.2, 0.25) is 0 Å². The minimum absolute atomic E-state index is 0.217. The van der Waals surface area contributed by atoms with E-state index in [1.54, 1.807) is 0 Å². The molecule has 0 amide bonds. The molecule has 0 aliphatic rings. The fourth-order valence-electron chi connectivity index (χ4n) is 1.62. The lowest BCUT2D eigenvalue weighted by atomic mass is 10.1. The number of hydrogen-bond acceptors (Lipinski definition) is 2. The van der Waals surface area contributed by atoms with Crippen molar-refractivity contribution in [3.63, 3.8) is 0 Å². The molecule has 2 nitrogen and oxygen atoms in total. The van der Waals surface area contributed by atoms with Gasteiger partial charge in [0.05, 0.1) is 4.47 Å². The molecule has 1 N–H and O–H groups in total. The predicted octanol–water partition coefficient (Wildman–Crippen LogP) is 3.58. The van der Waals surface area contributed by atoms with Crippen LogP contribution in [0.2, 0.25) is 0 Å². The van der Waals surface area contributed by atoms with Crippen molar-refractivity contribution in [2.45, 2.75) is 32.9 Å². The highest BCUT2D eigenvalue weighted by molar-refractivity contribution is 9.10. The van der Waals surface area contributed by atoms with Crippen LogP contribution in [0.3, 0.4) is 0 Å². The van der Waals surface area contributed by atoms with Crippen LogP contribution in [0.5, 0.6) is 0 Å². The molecule has 1 atom stereocenters. The van der Waals surface area contributed by atoms with E-state index in [1.807, 2.05) is 12.1 Å². The standard InChI is InChI=1S/C14H22BrFN2/c1-10(2)18(4)8-7-17-11(3)12-5-6-14(16)13(15)9-12/h5-6,9-11,17H,7-8H2,1-4H3. The Morgan fingerprint density at radius 2 is 2.00 bits per heavy atom. The molecule has 1 unspecified atom stereocenters. The van der Waals surface area contributed by atoms with Crippen molar-refractivity contribution in [1.29, 1.82) is 0 Å². The van der Waals surface area contributed by atoms with E-state index in [0.29, 0.717) is 10.5 Å². The highest BCUT2D eigenvalue weighted by atomic mass is 79.9. The van der Waals surface area contributed by atoms with Crippen LogP contribution in [0.1, 0.15) is 32.4 Å². The minimum Gasteiger partial charge on any atom is -0.309 e. The molecule has 102 valence electrons. The molecule has 0 radical (unpaired) electrons. The first-order valence-electron chi connectivity index (χ1n) is 6.30. The fraction of sp³-hybridized carbons (Fsp3) is 0.571. The molecule has 0 aliphatic carbocycles. The Labute approximate surface area is 118 Å². The molecule has 18 heavy (non-hydrogen) atoms. The second-order valence-electron chi connectivity index (χ2n) is 4.92. The molecule has 0 aromatic heterocycles. The van der Waals surface area contributed by atoms with Gasteiger partial charge in [-0.3, -0.25) is 0 Å². The summed E-state index contributed by atoms with van der Waals surface area (Å²) in [5.74, 6) is -0.217. The molecule has 1 rings (SSSR count). The zero-order valence-electron chi connectivity index (χ0n) is 11.5. The third kappa shape index (κ3) is 4.67. The van der Waals surface area contributed by atoms with Crippen molar-refractivity contribution < 1.29 is 4.39 Å². The summed E-state index contributed by atoms with van der Waals surface area (Å²) in [6.07, 6.45) is 0. The van der Waals surface area contributed by atoms with Gasteiger partial charge >= 0.3 is 0 Å². The van der Waals surface area contributed by atoms with Crippen LogP contribution >= 0.6 is 15.9 Å². The van der Waals surface area contributed by atoms with Crippen LogP contribution in [-0.2, 0) is 0 Å². The van der Waals surface area contributed by atoms with E-state index in [-0.39, 0.29) is 11.9 Å². The van der Waals surface area contributed by atoms with Crippen LogP contribution in [0, 0.1) is 5.82 Å². The largest absolute Gasteiger partial charge is 0.309 e. The summed E-state index contributed by atoms with van der Waals surface area (Å²) in [4.78, 5) is 2.29. The summed E-state index contributed by atoms with van der Waals surface area (Å²) in [7, 11) is 2.12. The Morgan fingerprint density at radius 3 is 2.56 bits per heavy atom. The Morgan fingerprint density at radius 1 is 1.33 bits per heavy atom. The van der Waals surface area contributed by atoms with Crippen LogP contribution < -0.4 is 5.32 Å². The van der Waals surface area contributed by atoms with Gasteiger partial charge in [-0.15, -0.1) is 0 Å². The van der Waals surface area contributed by atoms with Gasteiger partial charge < -0.3 is 10.2 Å². The smallest absolute Gasteiger partial charge is 0.137 e. The molecule has 0 aliphatic heterocycles. The van der Waals surface area contributed by atoms with Gasteiger partial charge in [-0.2, -0.15) is 0 Å². The molecule has 0 saturated heterocycles. The van der Waals surface area contributed by atoms with E-state index < -0.39 is 0 Å². The third-order valence-electron chi connectivity index (χ3n) is 3.24. The van der Waals surface area contributed by atoms with Crippen molar-refractivity contribution in [2.75, 3.05) is 20.1 Å². The Balaban J connectivity index is 2.45. The zero-order chi connectivity index (χ0) is 13.7. The molecule has 0 spiro atoms. The minimum atomic E-state index is -0.217.